The van der Waals surface area contributed by atoms with Crippen LogP contribution in [0.3, 0.4) is 0 Å². The molecule has 0 bridgehead atoms. The molecule has 7 heteroatoms. The van der Waals surface area contributed by atoms with Crippen molar-refractivity contribution >= 4 is 23.1 Å². The number of hydrogen-bond donors (Lipinski definition) is 1. The van der Waals surface area contributed by atoms with Gasteiger partial charge in [-0.3, -0.25) is 25.0 Å². The molecular formula is C10H5FN2O4. The maximum Gasteiger partial charge on any atom is 0.270 e. The highest BCUT2D eigenvalue weighted by molar-refractivity contribution is 6.33. The summed E-state index contributed by atoms with van der Waals surface area (Å²) < 4.78 is 13.4. The van der Waals surface area contributed by atoms with E-state index in [2.05, 4.69) is 0 Å². The minimum Gasteiger partial charge on any atom is -0.289 e. The third-order valence-electron chi connectivity index (χ3n) is 2.21. The molecule has 0 aromatic heterocycles. The Labute approximate surface area is 93.9 Å². The Kier molecular flexibility index (Phi) is 2.43. The number of halogens is 1. The second-order valence-electron chi connectivity index (χ2n) is 3.30. The highest BCUT2D eigenvalue weighted by Crippen LogP contribution is 2.25. The first-order valence-electron chi connectivity index (χ1n) is 4.50. The molecule has 0 aliphatic carbocycles. The molecule has 1 N–H and O–H groups in total. The van der Waals surface area contributed by atoms with Gasteiger partial charge in [0.25, 0.3) is 17.5 Å². The van der Waals surface area contributed by atoms with Gasteiger partial charge in [-0.25, -0.2) is 4.39 Å². The summed E-state index contributed by atoms with van der Waals surface area (Å²) in [6.45, 7) is 0. The van der Waals surface area contributed by atoms with Gasteiger partial charge in [-0.1, -0.05) is 0 Å². The summed E-state index contributed by atoms with van der Waals surface area (Å²) >= 11 is 0. The van der Waals surface area contributed by atoms with Crippen LogP contribution < -0.4 is 5.32 Å². The molecule has 0 atom stereocenters. The van der Waals surface area contributed by atoms with Crippen LogP contribution in [0.15, 0.2) is 24.3 Å². The van der Waals surface area contributed by atoms with Crippen LogP contribution >= 0.6 is 0 Å². The van der Waals surface area contributed by atoms with E-state index in [0.29, 0.717) is 0 Å². The van der Waals surface area contributed by atoms with Crippen molar-refractivity contribution in [2.24, 2.45) is 0 Å². The number of rotatable bonds is 2. The van der Waals surface area contributed by atoms with Crippen molar-refractivity contribution in [3.63, 3.8) is 0 Å². The van der Waals surface area contributed by atoms with E-state index in [1.54, 1.807) is 0 Å². The number of nitrogens with zero attached hydrogens (tertiary/aromatic N) is 1. The van der Waals surface area contributed by atoms with Crippen molar-refractivity contribution in [3.8, 4) is 0 Å². The molecule has 0 spiro atoms. The summed E-state index contributed by atoms with van der Waals surface area (Å²) in [5, 5.41) is 12.5. The maximum atomic E-state index is 13.4. The van der Waals surface area contributed by atoms with Gasteiger partial charge in [-0.15, -0.1) is 0 Å². The van der Waals surface area contributed by atoms with Crippen LogP contribution in [0, 0.1) is 15.9 Å². The van der Waals surface area contributed by atoms with Crippen LogP contribution in [0.25, 0.3) is 5.57 Å². The smallest absolute Gasteiger partial charge is 0.270 e. The molecule has 0 saturated carbocycles. The van der Waals surface area contributed by atoms with Crippen molar-refractivity contribution in [2.45, 2.75) is 0 Å². The van der Waals surface area contributed by atoms with Crippen LogP contribution in [0.2, 0.25) is 0 Å². The average Bonchev–Trinajstić information content (AvgIpc) is 2.58. The lowest BCUT2D eigenvalue weighted by molar-refractivity contribution is -0.384. The first kappa shape index (κ1) is 10.9. The van der Waals surface area contributed by atoms with Crippen molar-refractivity contribution in [2.75, 3.05) is 0 Å². The molecule has 2 rings (SSSR count). The molecule has 6 nitrogen and oxygen atoms in total. The van der Waals surface area contributed by atoms with E-state index in [1.807, 2.05) is 5.32 Å². The molecule has 0 unspecified atom stereocenters. The minimum absolute atomic E-state index is 0.212. The zero-order valence-electron chi connectivity index (χ0n) is 8.27. The first-order chi connectivity index (χ1) is 7.99. The molecule has 1 aromatic carbocycles. The number of hydrogen-bond acceptors (Lipinski definition) is 4. The van der Waals surface area contributed by atoms with Crippen LogP contribution in [-0.4, -0.2) is 16.7 Å². The molecule has 0 saturated heterocycles. The standard InChI is InChI=1S/C10H5FN2O4/c11-8-2-1-5(13(16)17)3-6(8)7-4-9(14)12-10(7)15/h1-4H,(H,12,14,15). The molecule has 0 radical (unpaired) electrons. The van der Waals surface area contributed by atoms with Gasteiger partial charge in [0.05, 0.1) is 10.5 Å². The van der Waals surface area contributed by atoms with E-state index in [-0.39, 0.29) is 16.8 Å². The lowest BCUT2D eigenvalue weighted by Gasteiger charge is -2.01. The predicted octanol–water partition coefficient (Wildman–Crippen LogP) is 0.774. The predicted molar refractivity (Wildman–Crippen MR) is 54.2 cm³/mol. The Balaban J connectivity index is 2.55. The molecule has 1 aliphatic heterocycles. The Hall–Kier alpha value is -2.57. The van der Waals surface area contributed by atoms with Crippen LogP contribution in [-0.2, 0) is 9.59 Å². The average molecular weight is 236 g/mol. The summed E-state index contributed by atoms with van der Waals surface area (Å²) in [5.74, 6) is -2.24. The van der Waals surface area contributed by atoms with Gasteiger partial charge in [0.15, 0.2) is 0 Å². The Morgan fingerprint density at radius 2 is 2.00 bits per heavy atom. The zero-order valence-corrected chi connectivity index (χ0v) is 8.27. The summed E-state index contributed by atoms with van der Waals surface area (Å²) in [6.07, 6.45) is 0.907. The monoisotopic (exact) mass is 236 g/mol. The van der Waals surface area contributed by atoms with Gasteiger partial charge in [-0.05, 0) is 6.07 Å². The van der Waals surface area contributed by atoms with Crippen LogP contribution in [0.1, 0.15) is 5.56 Å². The van der Waals surface area contributed by atoms with Gasteiger partial charge < -0.3 is 0 Å². The number of carbonyl (C=O) groups excluding carboxylic acids is 2. The Bertz CT molecular complexity index is 580. The van der Waals surface area contributed by atoms with Crippen molar-refractivity contribution in [1.82, 2.24) is 5.32 Å². The fourth-order valence-electron chi connectivity index (χ4n) is 1.45. The van der Waals surface area contributed by atoms with E-state index in [4.69, 9.17) is 0 Å². The van der Waals surface area contributed by atoms with Gasteiger partial charge in [0, 0.05) is 23.8 Å². The maximum absolute atomic E-state index is 13.4. The number of nitro groups is 1. The molecule has 17 heavy (non-hydrogen) atoms. The fourth-order valence-corrected chi connectivity index (χ4v) is 1.45. The van der Waals surface area contributed by atoms with Gasteiger partial charge >= 0.3 is 0 Å². The van der Waals surface area contributed by atoms with Gasteiger partial charge in [0.1, 0.15) is 5.82 Å². The van der Waals surface area contributed by atoms with E-state index < -0.39 is 22.6 Å². The lowest BCUT2D eigenvalue weighted by atomic mass is 10.1. The summed E-state index contributed by atoms with van der Waals surface area (Å²) in [4.78, 5) is 32.0. The first-order valence-corrected chi connectivity index (χ1v) is 4.50. The number of benzene rings is 1. The second-order valence-corrected chi connectivity index (χ2v) is 3.30. The van der Waals surface area contributed by atoms with Crippen molar-refractivity contribution < 1.29 is 18.9 Å². The molecule has 0 fully saturated rings. The molecule has 2 amide bonds. The summed E-state index contributed by atoms with van der Waals surface area (Å²) in [7, 11) is 0. The third kappa shape index (κ3) is 1.89. The normalized spacial score (nSPS) is 14.5. The lowest BCUT2D eigenvalue weighted by Crippen LogP contribution is -2.22. The van der Waals surface area contributed by atoms with E-state index in [1.165, 1.54) is 0 Å². The molecular weight excluding hydrogens is 231 g/mol. The van der Waals surface area contributed by atoms with E-state index >= 15 is 0 Å². The molecule has 86 valence electrons. The fraction of sp³-hybridized carbons (Fsp3) is 0. The topological polar surface area (TPSA) is 89.3 Å². The van der Waals surface area contributed by atoms with Crippen LogP contribution in [0.4, 0.5) is 10.1 Å². The SMILES string of the molecule is O=C1C=C(c2cc([N+](=O)[O-])ccc2F)C(=O)N1. The highest BCUT2D eigenvalue weighted by Gasteiger charge is 2.25. The number of nitro benzene ring substituents is 1. The number of non-ortho nitro benzene ring substituents is 1. The summed E-state index contributed by atoms with van der Waals surface area (Å²) in [6, 6.07) is 2.78. The van der Waals surface area contributed by atoms with Crippen LogP contribution in [0.5, 0.6) is 0 Å². The summed E-state index contributed by atoms with van der Waals surface area (Å²) in [5.41, 5.74) is -0.826. The minimum atomic E-state index is -0.799. The number of amides is 2. The Morgan fingerprint density at radius 1 is 1.29 bits per heavy atom. The van der Waals surface area contributed by atoms with Crippen molar-refractivity contribution in [1.29, 1.82) is 0 Å². The molecule has 1 heterocycles. The van der Waals surface area contributed by atoms with Gasteiger partial charge in [-0.2, -0.15) is 0 Å². The van der Waals surface area contributed by atoms with Gasteiger partial charge in [0.2, 0.25) is 0 Å². The largest absolute Gasteiger partial charge is 0.289 e. The number of carbonyl (C=O) groups is 2. The van der Waals surface area contributed by atoms with E-state index in [0.717, 1.165) is 24.3 Å². The Morgan fingerprint density at radius 3 is 2.53 bits per heavy atom. The second kappa shape index (κ2) is 3.78. The number of nitrogens with one attached hydrogen (secondary N) is 1. The third-order valence-corrected chi connectivity index (χ3v) is 2.21. The number of imide groups is 1. The molecule has 1 aromatic rings. The highest BCUT2D eigenvalue weighted by atomic mass is 19.1. The zero-order chi connectivity index (χ0) is 12.6. The van der Waals surface area contributed by atoms with Crippen molar-refractivity contribution in [3.05, 3.63) is 45.8 Å². The van der Waals surface area contributed by atoms with E-state index in [9.17, 15) is 24.1 Å². The quantitative estimate of drug-likeness (QED) is 0.466. The molecule has 1 aliphatic rings.